The lowest BCUT2D eigenvalue weighted by Gasteiger charge is -2.14. The Bertz CT molecular complexity index is 669. The second kappa shape index (κ2) is 11.7. The standard InChI is InChI=1S/C19H29FN4O.CH2O2/c1-25-12-9-17-22-18-14(6-7-16(18)19(21)23-17)5-3-2-4-10-24-11-8-15(20)13-24;2-1-3/h6,15H,2-5,7-13H2,1H3,(H2,21,22,23);1H,(H,2,3)/t15-;/m1./s1. The molecule has 3 rings (SSSR count). The van der Waals surface area contributed by atoms with Crippen molar-refractivity contribution in [3.8, 4) is 0 Å². The number of methoxy groups -OCH3 is 1. The van der Waals surface area contributed by atoms with Crippen molar-refractivity contribution in [1.29, 1.82) is 0 Å². The van der Waals surface area contributed by atoms with Gasteiger partial charge in [0.2, 0.25) is 0 Å². The molecule has 0 bridgehead atoms. The van der Waals surface area contributed by atoms with Crippen molar-refractivity contribution in [2.75, 3.05) is 39.1 Å². The largest absolute Gasteiger partial charge is 0.483 e. The molecule has 156 valence electrons. The molecule has 1 atom stereocenters. The fraction of sp³-hybridized carbons (Fsp3) is 0.650. The molecule has 2 aliphatic rings. The van der Waals surface area contributed by atoms with E-state index in [4.69, 9.17) is 25.4 Å². The van der Waals surface area contributed by atoms with Gasteiger partial charge in [0, 0.05) is 32.2 Å². The molecule has 1 aromatic heterocycles. The third-order valence-electron chi connectivity index (χ3n) is 5.11. The number of alkyl halides is 1. The Morgan fingerprint density at radius 2 is 2.14 bits per heavy atom. The number of unbranched alkanes of at least 4 members (excludes halogenated alkanes) is 2. The Hall–Kier alpha value is -2.06. The molecule has 0 spiro atoms. The summed E-state index contributed by atoms with van der Waals surface area (Å²) in [5, 5.41) is 6.89. The molecule has 3 N–H and O–H groups in total. The second-order valence-corrected chi connectivity index (χ2v) is 7.13. The molecule has 0 amide bonds. The summed E-state index contributed by atoms with van der Waals surface area (Å²) in [6, 6.07) is 0. The predicted octanol–water partition coefficient (Wildman–Crippen LogP) is 2.49. The maximum atomic E-state index is 13.2. The maximum Gasteiger partial charge on any atom is 0.290 e. The van der Waals surface area contributed by atoms with Crippen LogP contribution < -0.4 is 5.73 Å². The Kier molecular flexibility index (Phi) is 9.30. The van der Waals surface area contributed by atoms with E-state index in [1.165, 1.54) is 5.57 Å². The van der Waals surface area contributed by atoms with E-state index < -0.39 is 6.17 Å². The van der Waals surface area contributed by atoms with Crippen LogP contribution in [0.3, 0.4) is 0 Å². The lowest BCUT2D eigenvalue weighted by atomic mass is 10.1. The quantitative estimate of drug-likeness (QED) is 0.490. The third kappa shape index (κ3) is 6.53. The molecule has 2 heterocycles. The van der Waals surface area contributed by atoms with Crippen molar-refractivity contribution < 1.29 is 19.0 Å². The molecule has 7 nitrogen and oxygen atoms in total. The number of hydrogen-bond donors (Lipinski definition) is 2. The molecule has 1 aliphatic heterocycles. The Balaban J connectivity index is 0.000000878. The predicted molar refractivity (Wildman–Crippen MR) is 107 cm³/mol. The van der Waals surface area contributed by atoms with Gasteiger partial charge >= 0.3 is 0 Å². The fourth-order valence-corrected chi connectivity index (χ4v) is 3.68. The maximum absolute atomic E-state index is 13.2. The van der Waals surface area contributed by atoms with Crippen LogP contribution in [0.2, 0.25) is 0 Å². The zero-order valence-corrected chi connectivity index (χ0v) is 16.6. The van der Waals surface area contributed by atoms with Crippen LogP contribution in [0.25, 0.3) is 5.57 Å². The van der Waals surface area contributed by atoms with Gasteiger partial charge < -0.3 is 20.5 Å². The van der Waals surface area contributed by atoms with Gasteiger partial charge in [-0.2, -0.15) is 0 Å². The van der Waals surface area contributed by atoms with E-state index in [1.54, 1.807) is 7.11 Å². The molecule has 1 saturated heterocycles. The normalized spacial score (nSPS) is 18.4. The zero-order valence-electron chi connectivity index (χ0n) is 16.6. The summed E-state index contributed by atoms with van der Waals surface area (Å²) >= 11 is 0. The number of hydrogen-bond acceptors (Lipinski definition) is 6. The third-order valence-corrected chi connectivity index (χ3v) is 5.11. The summed E-state index contributed by atoms with van der Waals surface area (Å²) in [7, 11) is 1.68. The number of rotatable bonds is 9. The summed E-state index contributed by atoms with van der Waals surface area (Å²) in [5.74, 6) is 1.37. The van der Waals surface area contributed by atoms with Gasteiger partial charge in [-0.3, -0.25) is 4.79 Å². The molecule has 0 aromatic carbocycles. The first kappa shape index (κ1) is 22.2. The van der Waals surface area contributed by atoms with Crippen molar-refractivity contribution >= 4 is 17.9 Å². The Morgan fingerprint density at radius 3 is 2.82 bits per heavy atom. The highest BCUT2D eigenvalue weighted by molar-refractivity contribution is 5.73. The summed E-state index contributed by atoms with van der Waals surface area (Å²) < 4.78 is 18.3. The first-order valence-electron chi connectivity index (χ1n) is 9.86. The van der Waals surface area contributed by atoms with Crippen molar-refractivity contribution in [2.24, 2.45) is 0 Å². The van der Waals surface area contributed by atoms with Crippen LogP contribution in [0.4, 0.5) is 10.2 Å². The van der Waals surface area contributed by atoms with Gasteiger partial charge in [0.25, 0.3) is 6.47 Å². The number of ether oxygens (including phenoxy) is 1. The number of allylic oxidation sites excluding steroid dienone is 2. The lowest BCUT2D eigenvalue weighted by molar-refractivity contribution is -0.122. The number of carbonyl (C=O) groups is 1. The molecule has 0 unspecified atom stereocenters. The van der Waals surface area contributed by atoms with Gasteiger partial charge in [-0.25, -0.2) is 14.4 Å². The molecule has 0 saturated carbocycles. The lowest BCUT2D eigenvalue weighted by Crippen LogP contribution is -2.22. The van der Waals surface area contributed by atoms with E-state index in [0.717, 1.165) is 62.3 Å². The number of nitrogens with two attached hydrogens (primary N) is 1. The van der Waals surface area contributed by atoms with Crippen LogP contribution in [0, 0.1) is 0 Å². The monoisotopic (exact) mass is 394 g/mol. The van der Waals surface area contributed by atoms with E-state index in [1.807, 2.05) is 0 Å². The van der Waals surface area contributed by atoms with Crippen molar-refractivity contribution in [3.05, 3.63) is 23.2 Å². The highest BCUT2D eigenvalue weighted by atomic mass is 19.1. The number of anilines is 1. The molecular formula is C20H31FN4O3. The first-order valence-corrected chi connectivity index (χ1v) is 9.86. The summed E-state index contributed by atoms with van der Waals surface area (Å²) in [4.78, 5) is 19.7. The molecule has 0 radical (unpaired) electrons. The number of halogens is 1. The SMILES string of the molecule is COCCc1nc(N)c2c(n1)C(CCCCCN1CC[C@@H](F)C1)=CC2.O=CO. The number of nitrogen functional groups attached to an aromatic ring is 1. The summed E-state index contributed by atoms with van der Waals surface area (Å²) in [5.41, 5.74) is 9.51. The van der Waals surface area contributed by atoms with Crippen molar-refractivity contribution in [1.82, 2.24) is 14.9 Å². The average Bonchev–Trinajstić information content (AvgIpc) is 3.27. The van der Waals surface area contributed by atoms with Crippen LogP contribution >= 0.6 is 0 Å². The van der Waals surface area contributed by atoms with E-state index >= 15 is 0 Å². The number of aromatic nitrogens is 2. The molecule has 1 aliphatic carbocycles. The number of nitrogens with zero attached hydrogens (tertiary/aromatic N) is 3. The van der Waals surface area contributed by atoms with E-state index in [2.05, 4.69) is 16.0 Å². The van der Waals surface area contributed by atoms with Crippen LogP contribution in [-0.4, -0.2) is 66.0 Å². The molecule has 8 heteroatoms. The number of fused-ring (bicyclic) bond motifs is 1. The van der Waals surface area contributed by atoms with Gasteiger partial charge in [-0.1, -0.05) is 12.5 Å². The smallest absolute Gasteiger partial charge is 0.290 e. The topological polar surface area (TPSA) is 102 Å². The van der Waals surface area contributed by atoms with Gasteiger partial charge in [0.15, 0.2) is 0 Å². The first-order chi connectivity index (χ1) is 13.6. The summed E-state index contributed by atoms with van der Waals surface area (Å²) in [6.45, 7) is 2.92. The van der Waals surface area contributed by atoms with Crippen molar-refractivity contribution in [2.45, 2.75) is 51.1 Å². The Labute approximate surface area is 165 Å². The fourth-order valence-electron chi connectivity index (χ4n) is 3.68. The van der Waals surface area contributed by atoms with Crippen LogP contribution in [-0.2, 0) is 22.4 Å². The number of carboxylic acid groups (broad SMARTS) is 1. The van der Waals surface area contributed by atoms with Gasteiger partial charge in [-0.05, 0) is 44.2 Å². The second-order valence-electron chi connectivity index (χ2n) is 7.13. The number of likely N-dealkylation sites (tertiary alicyclic amines) is 1. The average molecular weight is 394 g/mol. The van der Waals surface area contributed by atoms with Crippen LogP contribution in [0.5, 0.6) is 0 Å². The molecule has 1 fully saturated rings. The van der Waals surface area contributed by atoms with Gasteiger partial charge in [-0.15, -0.1) is 0 Å². The molecule has 28 heavy (non-hydrogen) atoms. The van der Waals surface area contributed by atoms with Crippen molar-refractivity contribution in [3.63, 3.8) is 0 Å². The van der Waals surface area contributed by atoms with Gasteiger partial charge in [0.05, 0.1) is 12.3 Å². The highest BCUT2D eigenvalue weighted by Crippen LogP contribution is 2.32. The van der Waals surface area contributed by atoms with Gasteiger partial charge in [0.1, 0.15) is 17.8 Å². The van der Waals surface area contributed by atoms with E-state index in [0.29, 0.717) is 31.8 Å². The highest BCUT2D eigenvalue weighted by Gasteiger charge is 2.22. The molecular weight excluding hydrogens is 363 g/mol. The zero-order chi connectivity index (χ0) is 20.4. The van der Waals surface area contributed by atoms with E-state index in [9.17, 15) is 4.39 Å². The van der Waals surface area contributed by atoms with Crippen LogP contribution in [0.1, 0.15) is 49.2 Å². The Morgan fingerprint density at radius 1 is 1.36 bits per heavy atom. The molecule has 1 aromatic rings. The minimum atomic E-state index is -0.613. The minimum absolute atomic E-state index is 0.250. The summed E-state index contributed by atoms with van der Waals surface area (Å²) in [6.07, 6.45) is 8.32. The van der Waals surface area contributed by atoms with E-state index in [-0.39, 0.29) is 6.47 Å². The van der Waals surface area contributed by atoms with Crippen LogP contribution in [0.15, 0.2) is 6.08 Å². The minimum Gasteiger partial charge on any atom is -0.483 e.